The smallest absolute Gasteiger partial charge is 0.317 e. The van der Waals surface area contributed by atoms with Gasteiger partial charge in [-0.3, -0.25) is 19.0 Å². The second-order valence-electron chi connectivity index (χ2n) is 6.27. The molecule has 0 radical (unpaired) electrons. The number of allylic oxidation sites excluding steroid dienone is 1. The number of nitrogens with zero attached hydrogens (tertiary/aromatic N) is 2. The fourth-order valence-corrected chi connectivity index (χ4v) is 3.24. The number of fused-ring (bicyclic) bond motifs is 1. The van der Waals surface area contributed by atoms with E-state index in [0.29, 0.717) is 22.6 Å². The highest BCUT2D eigenvalue weighted by molar-refractivity contribution is 6.31. The number of carbonyl (C=O) groups excluding carboxylic acids is 1. The lowest BCUT2D eigenvalue weighted by molar-refractivity contribution is -0.121. The molecule has 0 bridgehead atoms. The summed E-state index contributed by atoms with van der Waals surface area (Å²) in [5.41, 5.74) is 0.762. The van der Waals surface area contributed by atoms with Crippen LogP contribution in [0.3, 0.4) is 0 Å². The lowest BCUT2D eigenvalue weighted by Gasteiger charge is -2.14. The quantitative estimate of drug-likeness (QED) is 0.492. The molecule has 0 spiro atoms. The van der Waals surface area contributed by atoms with Crippen molar-refractivity contribution in [2.45, 2.75) is 26.1 Å². The maximum absolute atomic E-state index is 12.6. The van der Waals surface area contributed by atoms with Crippen molar-refractivity contribution in [3.8, 4) is 0 Å². The number of aromatic nitrogens is 2. The van der Waals surface area contributed by atoms with Crippen LogP contribution in [0.5, 0.6) is 0 Å². The largest absolute Gasteiger partial charge is 0.352 e. The highest BCUT2D eigenvalue weighted by Gasteiger charge is 2.13. The number of halogens is 1. The van der Waals surface area contributed by atoms with Gasteiger partial charge in [-0.1, -0.05) is 48.0 Å². The van der Waals surface area contributed by atoms with Crippen molar-refractivity contribution in [3.05, 3.63) is 92.5 Å². The standard InChI is InChI=1S/C21H20ClN3O3/c1-2-12-24-17-9-5-6-10-18(17)25(21(28)20(24)27)13-11-19(26)23-14-15-7-3-4-8-16(15)22/h2-10H,1,11-14H2,(H,23,26). The summed E-state index contributed by atoms with van der Waals surface area (Å²) in [6, 6.07) is 14.4. The summed E-state index contributed by atoms with van der Waals surface area (Å²) in [5.74, 6) is -0.230. The van der Waals surface area contributed by atoms with Gasteiger partial charge in [0.25, 0.3) is 0 Å². The SMILES string of the molecule is C=CCn1c(=O)c(=O)n(CCC(=O)NCc2ccccc2Cl)c2ccccc21. The number of rotatable bonds is 7. The number of aryl methyl sites for hydroxylation is 1. The third-order valence-electron chi connectivity index (χ3n) is 4.44. The van der Waals surface area contributed by atoms with Crippen molar-refractivity contribution in [2.75, 3.05) is 0 Å². The van der Waals surface area contributed by atoms with E-state index in [4.69, 9.17) is 11.6 Å². The van der Waals surface area contributed by atoms with Gasteiger partial charge in [0.05, 0.1) is 11.0 Å². The third kappa shape index (κ3) is 4.07. The Labute approximate surface area is 166 Å². The first-order valence-corrected chi connectivity index (χ1v) is 9.24. The Morgan fingerprint density at radius 2 is 1.61 bits per heavy atom. The van der Waals surface area contributed by atoms with Crippen molar-refractivity contribution in [2.24, 2.45) is 0 Å². The average Bonchev–Trinajstić information content (AvgIpc) is 2.70. The third-order valence-corrected chi connectivity index (χ3v) is 4.81. The first-order chi connectivity index (χ1) is 13.5. The molecular formula is C21H20ClN3O3. The molecule has 6 nitrogen and oxygen atoms in total. The minimum atomic E-state index is -0.653. The molecule has 0 saturated carbocycles. The molecule has 7 heteroatoms. The molecule has 0 aliphatic carbocycles. The lowest BCUT2D eigenvalue weighted by atomic mass is 10.2. The summed E-state index contributed by atoms with van der Waals surface area (Å²) in [7, 11) is 0. The summed E-state index contributed by atoms with van der Waals surface area (Å²) in [6.07, 6.45) is 1.64. The monoisotopic (exact) mass is 397 g/mol. The predicted molar refractivity (Wildman–Crippen MR) is 111 cm³/mol. The first kappa shape index (κ1) is 19.6. The van der Waals surface area contributed by atoms with Crippen molar-refractivity contribution in [3.63, 3.8) is 0 Å². The summed E-state index contributed by atoms with van der Waals surface area (Å²) < 4.78 is 2.74. The van der Waals surface area contributed by atoms with Gasteiger partial charge in [-0.15, -0.1) is 6.58 Å². The van der Waals surface area contributed by atoms with Crippen LogP contribution >= 0.6 is 11.6 Å². The molecule has 0 aliphatic heterocycles. The van der Waals surface area contributed by atoms with Gasteiger partial charge in [-0.2, -0.15) is 0 Å². The molecule has 0 saturated heterocycles. The summed E-state index contributed by atoms with van der Waals surface area (Å²) in [4.78, 5) is 37.3. The molecule has 2 aromatic carbocycles. The number of benzene rings is 2. The van der Waals surface area contributed by atoms with E-state index in [1.54, 1.807) is 36.4 Å². The Kier molecular flexibility index (Phi) is 6.11. The van der Waals surface area contributed by atoms with Crippen molar-refractivity contribution in [1.82, 2.24) is 14.5 Å². The van der Waals surface area contributed by atoms with Crippen LogP contribution in [0.15, 0.2) is 70.8 Å². The second-order valence-corrected chi connectivity index (χ2v) is 6.68. The van der Waals surface area contributed by atoms with Crippen molar-refractivity contribution >= 4 is 28.5 Å². The molecule has 3 aromatic rings. The van der Waals surface area contributed by atoms with E-state index >= 15 is 0 Å². The van der Waals surface area contributed by atoms with Crippen LogP contribution in [0.4, 0.5) is 0 Å². The van der Waals surface area contributed by atoms with Crippen LogP contribution in [-0.2, 0) is 24.4 Å². The van der Waals surface area contributed by atoms with Crippen LogP contribution in [0.25, 0.3) is 11.0 Å². The van der Waals surface area contributed by atoms with E-state index in [1.807, 2.05) is 18.2 Å². The normalized spacial score (nSPS) is 10.8. The molecule has 0 aliphatic rings. The highest BCUT2D eigenvalue weighted by Crippen LogP contribution is 2.14. The summed E-state index contributed by atoms with van der Waals surface area (Å²) >= 11 is 6.08. The molecule has 0 fully saturated rings. The van der Waals surface area contributed by atoms with E-state index in [0.717, 1.165) is 5.56 Å². The van der Waals surface area contributed by atoms with Crippen molar-refractivity contribution < 1.29 is 4.79 Å². The topological polar surface area (TPSA) is 73.1 Å². The predicted octanol–water partition coefficient (Wildman–Crippen LogP) is 2.71. The van der Waals surface area contributed by atoms with E-state index in [2.05, 4.69) is 11.9 Å². The Morgan fingerprint density at radius 3 is 2.29 bits per heavy atom. The summed E-state index contributed by atoms with van der Waals surface area (Å²) in [6.45, 7) is 4.29. The minimum absolute atomic E-state index is 0.0687. The zero-order chi connectivity index (χ0) is 20.1. The van der Waals surface area contributed by atoms with E-state index in [1.165, 1.54) is 9.13 Å². The van der Waals surface area contributed by atoms with Gasteiger partial charge in [0, 0.05) is 31.1 Å². The van der Waals surface area contributed by atoms with E-state index < -0.39 is 11.1 Å². The number of para-hydroxylation sites is 2. The molecule has 1 aromatic heterocycles. The molecule has 3 rings (SSSR count). The van der Waals surface area contributed by atoms with Gasteiger partial charge < -0.3 is 9.88 Å². The van der Waals surface area contributed by atoms with Crippen LogP contribution in [0.1, 0.15) is 12.0 Å². The Bertz CT molecular complexity index is 1150. The average molecular weight is 398 g/mol. The Morgan fingerprint density at radius 1 is 1.00 bits per heavy atom. The number of hydrogen-bond donors (Lipinski definition) is 1. The van der Waals surface area contributed by atoms with Gasteiger partial charge in [0.2, 0.25) is 5.91 Å². The maximum atomic E-state index is 12.6. The van der Waals surface area contributed by atoms with Gasteiger partial charge in [0.1, 0.15) is 0 Å². The second kappa shape index (κ2) is 8.71. The first-order valence-electron chi connectivity index (χ1n) is 8.86. The molecule has 144 valence electrons. The van der Waals surface area contributed by atoms with Crippen LogP contribution in [-0.4, -0.2) is 15.0 Å². The molecule has 28 heavy (non-hydrogen) atoms. The van der Waals surface area contributed by atoms with Gasteiger partial charge in [-0.05, 0) is 23.8 Å². The van der Waals surface area contributed by atoms with Gasteiger partial charge in [0.15, 0.2) is 0 Å². The number of nitrogens with one attached hydrogen (secondary N) is 1. The molecule has 0 unspecified atom stereocenters. The van der Waals surface area contributed by atoms with E-state index in [-0.39, 0.29) is 25.4 Å². The molecular weight excluding hydrogens is 378 g/mol. The lowest BCUT2D eigenvalue weighted by Crippen LogP contribution is -2.42. The Hall–Kier alpha value is -3.12. The molecule has 1 heterocycles. The molecule has 0 atom stereocenters. The minimum Gasteiger partial charge on any atom is -0.352 e. The Balaban J connectivity index is 1.80. The number of hydrogen-bond acceptors (Lipinski definition) is 3. The maximum Gasteiger partial charge on any atom is 0.317 e. The molecule has 1 amide bonds. The van der Waals surface area contributed by atoms with Gasteiger partial charge >= 0.3 is 11.1 Å². The zero-order valence-electron chi connectivity index (χ0n) is 15.2. The fourth-order valence-electron chi connectivity index (χ4n) is 3.04. The van der Waals surface area contributed by atoms with Crippen LogP contribution in [0.2, 0.25) is 5.02 Å². The van der Waals surface area contributed by atoms with E-state index in [9.17, 15) is 14.4 Å². The zero-order valence-corrected chi connectivity index (χ0v) is 16.0. The molecule has 1 N–H and O–H groups in total. The van der Waals surface area contributed by atoms with Crippen LogP contribution in [0, 0.1) is 0 Å². The van der Waals surface area contributed by atoms with Crippen molar-refractivity contribution in [1.29, 1.82) is 0 Å². The number of carbonyl (C=O) groups is 1. The van der Waals surface area contributed by atoms with Gasteiger partial charge in [-0.25, -0.2) is 0 Å². The van der Waals surface area contributed by atoms with Crippen LogP contribution < -0.4 is 16.4 Å². The highest BCUT2D eigenvalue weighted by atomic mass is 35.5. The number of amides is 1. The summed E-state index contributed by atoms with van der Waals surface area (Å²) in [5, 5.41) is 3.37. The fraction of sp³-hybridized carbons (Fsp3) is 0.190.